The molecule has 14 heavy (non-hydrogen) atoms. The molecule has 0 aliphatic rings. The summed E-state index contributed by atoms with van der Waals surface area (Å²) in [5, 5.41) is 13.9. The monoisotopic (exact) mass is 220 g/mol. The Morgan fingerprint density at radius 3 is 2.14 bits per heavy atom. The van der Waals surface area contributed by atoms with Crippen LogP contribution in [-0.4, -0.2) is 31.3 Å². The van der Waals surface area contributed by atoms with Crippen LogP contribution in [0.15, 0.2) is 12.2 Å². The van der Waals surface area contributed by atoms with Crippen molar-refractivity contribution in [2.24, 2.45) is 0 Å². The van der Waals surface area contributed by atoms with Gasteiger partial charge in [0.25, 0.3) is 0 Å². The van der Waals surface area contributed by atoms with E-state index in [0.717, 1.165) is 12.7 Å². The van der Waals surface area contributed by atoms with Gasteiger partial charge in [-0.25, -0.2) is 4.79 Å². The summed E-state index contributed by atoms with van der Waals surface area (Å²) in [6, 6.07) is 1.14. The average Bonchev–Trinajstić information content (AvgIpc) is 2.00. The first kappa shape index (κ1) is 15.6. The van der Waals surface area contributed by atoms with Gasteiger partial charge < -0.3 is 14.6 Å². The highest BCUT2D eigenvalue weighted by Crippen LogP contribution is 2.10. The molecule has 0 aromatic carbocycles. The number of rotatable bonds is 4. The molecule has 2 N–H and O–H groups in total. The van der Waals surface area contributed by atoms with Crippen molar-refractivity contribution in [1.29, 1.82) is 0 Å². The van der Waals surface area contributed by atoms with Crippen LogP contribution < -0.4 is 0 Å². The van der Waals surface area contributed by atoms with E-state index in [1.54, 1.807) is 0 Å². The van der Waals surface area contributed by atoms with Crippen LogP contribution in [0.25, 0.3) is 0 Å². The van der Waals surface area contributed by atoms with Crippen molar-refractivity contribution >= 4 is 14.5 Å². The lowest BCUT2D eigenvalue weighted by atomic mass is 10.6. The second-order valence-electron chi connectivity index (χ2n) is 3.25. The molecule has 0 saturated heterocycles. The van der Waals surface area contributed by atoms with Crippen LogP contribution in [0, 0.1) is 0 Å². The molecule has 0 unspecified atom stereocenters. The number of hydrogen-bond donors (Lipinski definition) is 2. The second kappa shape index (κ2) is 8.77. The van der Waals surface area contributed by atoms with Gasteiger partial charge in [-0.15, -0.1) is 0 Å². The van der Waals surface area contributed by atoms with Crippen molar-refractivity contribution < 1.29 is 19.4 Å². The summed E-state index contributed by atoms with van der Waals surface area (Å²) in [5.41, 5.74) is 0. The first-order valence-corrected chi connectivity index (χ1v) is 7.64. The zero-order valence-electron chi connectivity index (χ0n) is 9.28. The first-order chi connectivity index (χ1) is 6.35. The summed E-state index contributed by atoms with van der Waals surface area (Å²) in [7, 11) is -1.31. The largest absolute Gasteiger partial charge is 0.503 e. The van der Waals surface area contributed by atoms with Gasteiger partial charge in [0.2, 0.25) is 0 Å². The molecular formula is C9H20O4Si. The van der Waals surface area contributed by atoms with E-state index in [9.17, 15) is 0 Å². The van der Waals surface area contributed by atoms with Gasteiger partial charge in [-0.2, -0.15) is 0 Å². The highest BCUT2D eigenvalue weighted by molar-refractivity contribution is 6.71. The summed E-state index contributed by atoms with van der Waals surface area (Å²) in [4.78, 5) is 8.56. The van der Waals surface area contributed by atoms with Gasteiger partial charge in [0.05, 0.1) is 0 Å². The number of carbonyl (C=O) groups is 1. The molecule has 0 amide bonds. The van der Waals surface area contributed by atoms with E-state index in [4.69, 9.17) is 19.4 Å². The van der Waals surface area contributed by atoms with Crippen LogP contribution in [0.3, 0.4) is 0 Å². The molecule has 0 rings (SSSR count). The quantitative estimate of drug-likeness (QED) is 0.564. The minimum absolute atomic E-state index is 0.858. The van der Waals surface area contributed by atoms with Crippen LogP contribution >= 0.6 is 0 Å². The van der Waals surface area contributed by atoms with E-state index in [2.05, 4.69) is 39.1 Å². The number of carboxylic acid groups (broad SMARTS) is 2. The van der Waals surface area contributed by atoms with Crippen LogP contribution in [0.1, 0.15) is 13.8 Å². The van der Waals surface area contributed by atoms with Gasteiger partial charge in [-0.3, -0.25) is 0 Å². The Balaban J connectivity index is 0. The fourth-order valence-corrected chi connectivity index (χ4v) is 2.55. The zero-order valence-corrected chi connectivity index (χ0v) is 10.3. The van der Waals surface area contributed by atoms with Gasteiger partial charge in [0.1, 0.15) is 0 Å². The van der Waals surface area contributed by atoms with Gasteiger partial charge in [0.15, 0.2) is 8.32 Å². The van der Waals surface area contributed by atoms with E-state index in [1.807, 2.05) is 0 Å². The van der Waals surface area contributed by atoms with Crippen molar-refractivity contribution in [3.05, 3.63) is 12.2 Å². The Kier molecular flexibility index (Phi) is 9.80. The standard InChI is InChI=1S/C8H18OSi.CH2O3/c1-5-7-8-10(3,4)9-6-2;2-1(3)4/h5,7H,6,8H2,1-4H3;(H2,2,3,4). The first-order valence-electron chi connectivity index (χ1n) is 4.52. The molecule has 4 nitrogen and oxygen atoms in total. The smallest absolute Gasteiger partial charge is 0.450 e. The molecule has 0 radical (unpaired) electrons. The molecule has 0 aromatic heterocycles. The Morgan fingerprint density at radius 1 is 1.43 bits per heavy atom. The topological polar surface area (TPSA) is 66.8 Å². The fourth-order valence-electron chi connectivity index (χ4n) is 0.851. The van der Waals surface area contributed by atoms with Gasteiger partial charge in [-0.1, -0.05) is 12.2 Å². The van der Waals surface area contributed by atoms with E-state index in [1.165, 1.54) is 0 Å². The highest BCUT2D eigenvalue weighted by Gasteiger charge is 2.18. The highest BCUT2D eigenvalue weighted by atomic mass is 28.4. The van der Waals surface area contributed by atoms with Gasteiger partial charge in [-0.05, 0) is 33.0 Å². The molecule has 0 atom stereocenters. The normalized spacial score (nSPS) is 10.9. The SMILES string of the molecule is CC=CC[Si](C)(C)OCC.O=C(O)O. The minimum Gasteiger partial charge on any atom is -0.450 e. The van der Waals surface area contributed by atoms with Gasteiger partial charge >= 0.3 is 6.16 Å². The van der Waals surface area contributed by atoms with Crippen molar-refractivity contribution in [1.82, 2.24) is 0 Å². The molecule has 0 aromatic rings. The Bertz CT molecular complexity index is 174. The summed E-state index contributed by atoms with van der Waals surface area (Å²) < 4.78 is 5.62. The fraction of sp³-hybridized carbons (Fsp3) is 0.667. The molecule has 0 spiro atoms. The third-order valence-corrected chi connectivity index (χ3v) is 3.67. The number of allylic oxidation sites excluding steroid dienone is 2. The van der Waals surface area contributed by atoms with Crippen LogP contribution in [-0.2, 0) is 4.43 Å². The lowest BCUT2D eigenvalue weighted by Gasteiger charge is -2.19. The van der Waals surface area contributed by atoms with Crippen molar-refractivity contribution in [2.75, 3.05) is 6.61 Å². The van der Waals surface area contributed by atoms with Crippen LogP contribution in [0.2, 0.25) is 19.1 Å². The van der Waals surface area contributed by atoms with E-state index < -0.39 is 14.5 Å². The summed E-state index contributed by atoms with van der Waals surface area (Å²) in [6.45, 7) is 9.46. The predicted molar refractivity (Wildman–Crippen MR) is 59.4 cm³/mol. The van der Waals surface area contributed by atoms with E-state index in [-0.39, 0.29) is 0 Å². The number of hydrogen-bond acceptors (Lipinski definition) is 2. The Morgan fingerprint density at radius 2 is 1.86 bits per heavy atom. The summed E-state index contributed by atoms with van der Waals surface area (Å²) in [6.07, 6.45) is 2.45. The van der Waals surface area contributed by atoms with Crippen LogP contribution in [0.4, 0.5) is 4.79 Å². The maximum atomic E-state index is 8.56. The van der Waals surface area contributed by atoms with Crippen molar-refractivity contribution in [3.8, 4) is 0 Å². The summed E-state index contributed by atoms with van der Waals surface area (Å²) >= 11 is 0. The maximum Gasteiger partial charge on any atom is 0.503 e. The maximum absolute atomic E-state index is 8.56. The molecule has 84 valence electrons. The third-order valence-electron chi connectivity index (χ3n) is 1.38. The van der Waals surface area contributed by atoms with Crippen LogP contribution in [0.5, 0.6) is 0 Å². The third kappa shape index (κ3) is 17.3. The molecule has 0 aliphatic heterocycles. The lowest BCUT2D eigenvalue weighted by Crippen LogP contribution is -2.29. The molecule has 0 saturated carbocycles. The molecule has 0 aliphatic carbocycles. The van der Waals surface area contributed by atoms with Gasteiger partial charge in [0, 0.05) is 6.61 Å². The van der Waals surface area contributed by atoms with Crippen molar-refractivity contribution in [2.45, 2.75) is 33.0 Å². The molecule has 0 heterocycles. The molecule has 5 heteroatoms. The summed E-state index contributed by atoms with van der Waals surface area (Å²) in [5.74, 6) is 0. The Labute approximate surface area is 86.3 Å². The Hall–Kier alpha value is -0.813. The molecule has 0 bridgehead atoms. The lowest BCUT2D eigenvalue weighted by molar-refractivity contribution is 0.137. The van der Waals surface area contributed by atoms with E-state index in [0.29, 0.717) is 0 Å². The average molecular weight is 220 g/mol. The predicted octanol–water partition coefficient (Wildman–Crippen LogP) is 3.03. The molecular weight excluding hydrogens is 200 g/mol. The van der Waals surface area contributed by atoms with Crippen molar-refractivity contribution in [3.63, 3.8) is 0 Å². The minimum atomic E-state index is -1.83. The second-order valence-corrected chi connectivity index (χ2v) is 7.46. The van der Waals surface area contributed by atoms with E-state index >= 15 is 0 Å². The zero-order chi connectivity index (χ0) is 11.6. The molecule has 0 fully saturated rings.